The molecule has 0 bridgehead atoms. The van der Waals surface area contributed by atoms with Crippen LogP contribution in [0.15, 0.2) is 35.1 Å². The molecule has 4 rings (SSSR count). The lowest BCUT2D eigenvalue weighted by Gasteiger charge is -2.31. The Labute approximate surface area is 174 Å². The van der Waals surface area contributed by atoms with Crippen LogP contribution in [0.2, 0.25) is 0 Å². The van der Waals surface area contributed by atoms with Crippen LogP contribution in [-0.4, -0.2) is 64.0 Å². The van der Waals surface area contributed by atoms with E-state index in [-0.39, 0.29) is 17.6 Å². The molecule has 0 aliphatic carbocycles. The van der Waals surface area contributed by atoms with Gasteiger partial charge in [-0.1, -0.05) is 30.3 Å². The number of aromatic hydroxyl groups is 1. The third-order valence-electron chi connectivity index (χ3n) is 5.38. The number of ether oxygens (including phenoxy) is 1. The van der Waals surface area contributed by atoms with Crippen LogP contribution in [0.25, 0.3) is 0 Å². The first kappa shape index (κ1) is 21.5. The second-order valence-electron chi connectivity index (χ2n) is 7.38. The van der Waals surface area contributed by atoms with E-state index in [1.807, 2.05) is 37.4 Å². The van der Waals surface area contributed by atoms with E-state index in [4.69, 9.17) is 0 Å². The van der Waals surface area contributed by atoms with Gasteiger partial charge in [0.25, 0.3) is 12.4 Å². The zero-order chi connectivity index (χ0) is 21.7. The average molecular weight is 414 g/mol. The van der Waals surface area contributed by atoms with Gasteiger partial charge in [0.2, 0.25) is 5.75 Å². The number of likely N-dealkylation sites (N-methyl/N-ethyl adjacent to an activating group) is 1. The van der Waals surface area contributed by atoms with Gasteiger partial charge in [-0.15, -0.1) is 0 Å². The summed E-state index contributed by atoms with van der Waals surface area (Å²) in [6, 6.07) is 9.59. The van der Waals surface area contributed by atoms with E-state index < -0.39 is 11.3 Å². The monoisotopic (exact) mass is 414 g/mol. The molecule has 1 saturated heterocycles. The minimum absolute atomic E-state index is 0.0401. The summed E-state index contributed by atoms with van der Waals surface area (Å²) >= 11 is 0. The lowest BCUT2D eigenvalue weighted by molar-refractivity contribution is -0.129. The predicted molar refractivity (Wildman–Crippen MR) is 109 cm³/mol. The molecular weight excluding hydrogens is 388 g/mol. The number of hydrogen-bond donors (Lipinski definition) is 1. The van der Waals surface area contributed by atoms with Crippen molar-refractivity contribution in [2.75, 3.05) is 27.2 Å². The molecule has 1 N–H and O–H groups in total. The quantitative estimate of drug-likeness (QED) is 0.749. The summed E-state index contributed by atoms with van der Waals surface area (Å²) in [5, 5.41) is 9.91. The van der Waals surface area contributed by atoms with Crippen molar-refractivity contribution in [3.8, 4) is 5.75 Å². The number of carbonyl (C=O) groups excluding carboxylic acids is 2. The summed E-state index contributed by atoms with van der Waals surface area (Å²) in [5.41, 5.74) is 0.374. The van der Waals surface area contributed by atoms with Gasteiger partial charge in [-0.25, -0.2) is 0 Å². The summed E-state index contributed by atoms with van der Waals surface area (Å²) < 4.78 is 6.25. The number of fused-ring (bicyclic) bond motifs is 1. The number of aromatic nitrogens is 2. The molecule has 9 heteroatoms. The van der Waals surface area contributed by atoms with E-state index >= 15 is 0 Å². The van der Waals surface area contributed by atoms with E-state index in [1.165, 1.54) is 4.90 Å². The van der Waals surface area contributed by atoms with Crippen molar-refractivity contribution in [3.63, 3.8) is 0 Å². The van der Waals surface area contributed by atoms with Crippen molar-refractivity contribution in [1.29, 1.82) is 0 Å². The van der Waals surface area contributed by atoms with Crippen molar-refractivity contribution < 1.29 is 19.4 Å². The Hall–Kier alpha value is -3.20. The lowest BCUT2D eigenvalue weighted by Crippen LogP contribution is -2.42. The number of hydrogen-bond acceptors (Lipinski definition) is 7. The molecule has 1 fully saturated rings. The molecule has 0 saturated carbocycles. The molecule has 1 amide bonds. The second kappa shape index (κ2) is 9.53. The van der Waals surface area contributed by atoms with E-state index in [9.17, 15) is 19.5 Å². The molecular formula is C21H26N4O5. The Morgan fingerprint density at radius 2 is 1.90 bits per heavy atom. The fourth-order valence-electron chi connectivity index (χ4n) is 3.73. The van der Waals surface area contributed by atoms with Gasteiger partial charge in [-0.05, 0) is 32.0 Å². The highest BCUT2D eigenvalue weighted by atomic mass is 16.5. The maximum Gasteiger partial charge on any atom is 0.315 e. The fourth-order valence-corrected chi connectivity index (χ4v) is 3.73. The van der Waals surface area contributed by atoms with Gasteiger partial charge >= 0.3 is 5.56 Å². The first-order valence-electron chi connectivity index (χ1n) is 9.82. The van der Waals surface area contributed by atoms with Crippen molar-refractivity contribution in [1.82, 2.24) is 19.4 Å². The van der Waals surface area contributed by atoms with Crippen molar-refractivity contribution in [2.45, 2.75) is 32.0 Å². The van der Waals surface area contributed by atoms with E-state index in [2.05, 4.69) is 14.6 Å². The van der Waals surface area contributed by atoms with Gasteiger partial charge in [0, 0.05) is 20.1 Å². The van der Waals surface area contributed by atoms with E-state index in [0.717, 1.165) is 24.9 Å². The molecule has 9 nitrogen and oxygen atoms in total. The molecule has 0 spiro atoms. The molecule has 1 aromatic carbocycles. The summed E-state index contributed by atoms with van der Waals surface area (Å²) in [6.45, 7) is 2.87. The van der Waals surface area contributed by atoms with Gasteiger partial charge < -0.3 is 19.3 Å². The smallest absolute Gasteiger partial charge is 0.315 e. The highest BCUT2D eigenvalue weighted by molar-refractivity contribution is 5.95. The summed E-state index contributed by atoms with van der Waals surface area (Å²) in [4.78, 5) is 41.5. The summed E-state index contributed by atoms with van der Waals surface area (Å²) in [7, 11) is 3.65. The maximum absolute atomic E-state index is 12.2. The predicted octanol–water partition coefficient (Wildman–Crippen LogP) is 1.16. The van der Waals surface area contributed by atoms with Crippen LogP contribution in [0, 0.1) is 0 Å². The Morgan fingerprint density at radius 1 is 1.17 bits per heavy atom. The van der Waals surface area contributed by atoms with Gasteiger partial charge in [-0.2, -0.15) is 4.98 Å². The van der Waals surface area contributed by atoms with Crippen LogP contribution in [0.1, 0.15) is 40.8 Å². The minimum atomic E-state index is -0.713. The van der Waals surface area contributed by atoms with E-state index in [1.54, 1.807) is 11.6 Å². The Morgan fingerprint density at radius 3 is 2.53 bits per heavy atom. The lowest BCUT2D eigenvalue weighted by atomic mass is 10.1. The van der Waals surface area contributed by atoms with Crippen LogP contribution in [-0.2, 0) is 22.7 Å². The maximum atomic E-state index is 12.2. The van der Waals surface area contributed by atoms with Gasteiger partial charge in [0.05, 0.1) is 6.04 Å². The summed E-state index contributed by atoms with van der Waals surface area (Å²) in [6.07, 6.45) is 1.96. The standard InChI is InChI=1S/C13H18N4O3.C8H8O2/c1-15-5-3-4-8(15)11-14-12(19)10(18)9-13(20)16(2)6-7-17(9)11;9-7-10-6-8-4-2-1-3-5-8/h8,18H,3-7H2,1-2H3;1-5,7H,6H2. The highest BCUT2D eigenvalue weighted by Crippen LogP contribution is 2.31. The number of amides is 1. The van der Waals surface area contributed by atoms with Crippen molar-refractivity contribution in [3.05, 3.63) is 57.8 Å². The minimum Gasteiger partial charge on any atom is -0.501 e. The molecule has 1 unspecified atom stereocenters. The zero-order valence-corrected chi connectivity index (χ0v) is 17.2. The Kier molecular flexibility index (Phi) is 6.83. The number of benzene rings is 1. The third kappa shape index (κ3) is 4.51. The number of rotatable bonds is 4. The van der Waals surface area contributed by atoms with Crippen LogP contribution >= 0.6 is 0 Å². The van der Waals surface area contributed by atoms with E-state index in [0.29, 0.717) is 32.0 Å². The SMILES string of the molecule is CN1CCn2c(C3CCCN3C)nc(=O)c(O)c2C1=O.O=COCc1ccccc1. The number of likely N-dealkylation sites (tertiary alicyclic amines) is 1. The largest absolute Gasteiger partial charge is 0.501 e. The number of nitrogens with zero attached hydrogens (tertiary/aromatic N) is 4. The van der Waals surface area contributed by atoms with Crippen molar-refractivity contribution >= 4 is 12.4 Å². The van der Waals surface area contributed by atoms with Gasteiger partial charge in [0.1, 0.15) is 12.4 Å². The Bertz CT molecular complexity index is 960. The zero-order valence-electron chi connectivity index (χ0n) is 17.2. The normalized spacial score (nSPS) is 18.4. The molecule has 2 aliphatic heterocycles. The third-order valence-corrected chi connectivity index (χ3v) is 5.38. The molecule has 1 aromatic heterocycles. The first-order valence-corrected chi connectivity index (χ1v) is 9.82. The van der Waals surface area contributed by atoms with Crippen LogP contribution in [0.5, 0.6) is 5.75 Å². The topological polar surface area (TPSA) is 105 Å². The summed E-state index contributed by atoms with van der Waals surface area (Å²) in [5.74, 6) is -0.259. The average Bonchev–Trinajstić information content (AvgIpc) is 3.18. The molecule has 160 valence electrons. The van der Waals surface area contributed by atoms with Crippen LogP contribution in [0.4, 0.5) is 0 Å². The molecule has 1 atom stereocenters. The molecule has 30 heavy (non-hydrogen) atoms. The molecule has 2 aliphatic rings. The second-order valence-corrected chi connectivity index (χ2v) is 7.38. The number of carbonyl (C=O) groups is 2. The van der Waals surface area contributed by atoms with Crippen LogP contribution in [0.3, 0.4) is 0 Å². The first-order chi connectivity index (χ1) is 14.4. The fraction of sp³-hybridized carbons (Fsp3) is 0.429. The molecule has 0 radical (unpaired) electrons. The molecule has 2 aromatic rings. The van der Waals surface area contributed by atoms with Crippen molar-refractivity contribution in [2.24, 2.45) is 0 Å². The van der Waals surface area contributed by atoms with Gasteiger partial charge in [0.15, 0.2) is 5.69 Å². The molecule has 3 heterocycles. The van der Waals surface area contributed by atoms with Gasteiger partial charge in [-0.3, -0.25) is 19.3 Å². The van der Waals surface area contributed by atoms with Crippen LogP contribution < -0.4 is 5.56 Å². The Balaban J connectivity index is 0.000000216. The highest BCUT2D eigenvalue weighted by Gasteiger charge is 2.33.